The van der Waals surface area contributed by atoms with Gasteiger partial charge in [-0.2, -0.15) is 0 Å². The van der Waals surface area contributed by atoms with Crippen molar-refractivity contribution in [1.29, 1.82) is 0 Å². The molecule has 96 valence electrons. The number of carboxylic acids is 1. The summed E-state index contributed by atoms with van der Waals surface area (Å²) in [7, 11) is 1.90. The van der Waals surface area contributed by atoms with E-state index in [4.69, 9.17) is 5.11 Å². The second-order valence-electron chi connectivity index (χ2n) is 4.48. The number of likely N-dealkylation sites (tertiary alicyclic amines) is 1. The van der Waals surface area contributed by atoms with Crippen molar-refractivity contribution >= 4 is 17.6 Å². The fourth-order valence-corrected chi connectivity index (χ4v) is 2.24. The zero-order valence-electron chi connectivity index (χ0n) is 10.2. The lowest BCUT2D eigenvalue weighted by atomic mass is 10.1. The number of amides is 1. The van der Waals surface area contributed by atoms with Gasteiger partial charge in [0.1, 0.15) is 0 Å². The molecule has 1 aliphatic rings. The monoisotopic (exact) mass is 248 g/mol. The maximum absolute atomic E-state index is 12.1. The Kier molecular flexibility index (Phi) is 3.62. The summed E-state index contributed by atoms with van der Waals surface area (Å²) in [4.78, 5) is 25.1. The van der Waals surface area contributed by atoms with Crippen LogP contribution in [0.5, 0.6) is 0 Å². The van der Waals surface area contributed by atoms with Gasteiger partial charge in [-0.05, 0) is 38.6 Å². The first kappa shape index (κ1) is 12.6. The summed E-state index contributed by atoms with van der Waals surface area (Å²) in [6, 6.07) is 6.28. The number of rotatable bonds is 3. The van der Waals surface area contributed by atoms with E-state index in [1.807, 2.05) is 11.9 Å². The summed E-state index contributed by atoms with van der Waals surface area (Å²) in [5, 5.41) is 11.7. The van der Waals surface area contributed by atoms with E-state index in [0.29, 0.717) is 5.69 Å². The van der Waals surface area contributed by atoms with Crippen LogP contribution in [0.25, 0.3) is 0 Å². The van der Waals surface area contributed by atoms with Crippen LogP contribution in [0.4, 0.5) is 5.69 Å². The molecule has 1 aromatic carbocycles. The van der Waals surface area contributed by atoms with Crippen LogP contribution in [-0.4, -0.2) is 41.5 Å². The minimum absolute atomic E-state index is 0.117. The molecule has 0 bridgehead atoms. The first-order valence-corrected chi connectivity index (χ1v) is 5.93. The van der Waals surface area contributed by atoms with E-state index in [-0.39, 0.29) is 17.5 Å². The molecule has 1 aliphatic heterocycles. The van der Waals surface area contributed by atoms with E-state index in [1.54, 1.807) is 18.2 Å². The van der Waals surface area contributed by atoms with Gasteiger partial charge < -0.3 is 10.4 Å². The van der Waals surface area contributed by atoms with E-state index < -0.39 is 5.97 Å². The summed E-state index contributed by atoms with van der Waals surface area (Å²) in [5.41, 5.74) is 0.474. The van der Waals surface area contributed by atoms with Crippen LogP contribution >= 0.6 is 0 Å². The number of carboxylic acid groups (broad SMARTS) is 1. The number of carbonyl (C=O) groups is 2. The zero-order valence-corrected chi connectivity index (χ0v) is 10.2. The minimum atomic E-state index is -1.04. The molecule has 18 heavy (non-hydrogen) atoms. The molecule has 0 radical (unpaired) electrons. The number of nitrogens with one attached hydrogen (secondary N) is 1. The molecular formula is C13H16N2O3. The molecule has 1 unspecified atom stereocenters. The number of hydrogen-bond acceptors (Lipinski definition) is 3. The Balaban J connectivity index is 2.14. The van der Waals surface area contributed by atoms with E-state index in [9.17, 15) is 9.59 Å². The molecular weight excluding hydrogens is 232 g/mol. The van der Waals surface area contributed by atoms with E-state index in [1.165, 1.54) is 6.07 Å². The van der Waals surface area contributed by atoms with Crippen molar-refractivity contribution in [2.45, 2.75) is 18.9 Å². The molecule has 0 aliphatic carbocycles. The third-order valence-corrected chi connectivity index (χ3v) is 3.24. The van der Waals surface area contributed by atoms with Crippen molar-refractivity contribution in [1.82, 2.24) is 4.90 Å². The lowest BCUT2D eigenvalue weighted by Gasteiger charge is -2.19. The van der Waals surface area contributed by atoms with Gasteiger partial charge in [-0.15, -0.1) is 0 Å². The first-order valence-electron chi connectivity index (χ1n) is 5.93. The highest BCUT2D eigenvalue weighted by molar-refractivity contribution is 6.02. The molecule has 0 spiro atoms. The molecule has 0 aromatic heterocycles. The van der Waals surface area contributed by atoms with Gasteiger partial charge in [0.2, 0.25) is 5.91 Å². The number of likely N-dealkylation sites (N-methyl/N-ethyl adjacent to an activating group) is 1. The van der Waals surface area contributed by atoms with Crippen LogP contribution in [0.15, 0.2) is 24.3 Å². The second-order valence-corrected chi connectivity index (χ2v) is 4.48. The maximum atomic E-state index is 12.1. The molecule has 5 heteroatoms. The highest BCUT2D eigenvalue weighted by Crippen LogP contribution is 2.19. The lowest BCUT2D eigenvalue weighted by Crippen LogP contribution is -2.37. The predicted molar refractivity (Wildman–Crippen MR) is 67.7 cm³/mol. The molecule has 1 fully saturated rings. The highest BCUT2D eigenvalue weighted by Gasteiger charge is 2.28. The predicted octanol–water partition coefficient (Wildman–Crippen LogP) is 1.42. The lowest BCUT2D eigenvalue weighted by molar-refractivity contribution is -0.119. The number of carbonyl (C=O) groups excluding carboxylic acids is 1. The van der Waals surface area contributed by atoms with Crippen LogP contribution in [-0.2, 0) is 4.79 Å². The third kappa shape index (κ3) is 2.51. The van der Waals surface area contributed by atoms with Crippen molar-refractivity contribution < 1.29 is 14.7 Å². The molecule has 5 nitrogen and oxygen atoms in total. The fourth-order valence-electron chi connectivity index (χ4n) is 2.24. The molecule has 2 N–H and O–H groups in total. The number of benzene rings is 1. The van der Waals surface area contributed by atoms with Crippen molar-refractivity contribution in [3.63, 3.8) is 0 Å². The molecule has 0 saturated carbocycles. The Hall–Kier alpha value is -1.88. The summed E-state index contributed by atoms with van der Waals surface area (Å²) >= 11 is 0. The maximum Gasteiger partial charge on any atom is 0.337 e. The standard InChI is InChI=1S/C13H16N2O3/c1-15-8-4-7-11(15)12(16)14-10-6-3-2-5-9(10)13(17)18/h2-3,5-6,11H,4,7-8H2,1H3,(H,14,16)(H,17,18). The molecule has 1 atom stereocenters. The highest BCUT2D eigenvalue weighted by atomic mass is 16.4. The average Bonchev–Trinajstić information content (AvgIpc) is 2.76. The van der Waals surface area contributed by atoms with Gasteiger partial charge in [-0.25, -0.2) is 4.79 Å². The van der Waals surface area contributed by atoms with Crippen molar-refractivity contribution in [2.24, 2.45) is 0 Å². The molecule has 1 aromatic rings. The Bertz CT molecular complexity index is 473. The number of hydrogen-bond donors (Lipinski definition) is 2. The fraction of sp³-hybridized carbons (Fsp3) is 0.385. The van der Waals surface area contributed by atoms with E-state index in [0.717, 1.165) is 19.4 Å². The average molecular weight is 248 g/mol. The van der Waals surface area contributed by atoms with Crippen molar-refractivity contribution in [3.8, 4) is 0 Å². The normalized spacial score (nSPS) is 19.7. The number of aromatic carboxylic acids is 1. The molecule has 1 amide bonds. The van der Waals surface area contributed by atoms with Gasteiger partial charge in [-0.3, -0.25) is 9.69 Å². The summed E-state index contributed by atoms with van der Waals surface area (Å²) in [6.45, 7) is 0.901. The van der Waals surface area contributed by atoms with Gasteiger partial charge in [0, 0.05) is 0 Å². The molecule has 1 heterocycles. The quantitative estimate of drug-likeness (QED) is 0.848. The van der Waals surface area contributed by atoms with Crippen molar-refractivity contribution in [2.75, 3.05) is 18.9 Å². The largest absolute Gasteiger partial charge is 0.478 e. The first-order chi connectivity index (χ1) is 8.59. The van der Waals surface area contributed by atoms with Crippen LogP contribution in [0.1, 0.15) is 23.2 Å². The minimum Gasteiger partial charge on any atom is -0.478 e. The van der Waals surface area contributed by atoms with Gasteiger partial charge in [0.15, 0.2) is 0 Å². The van der Waals surface area contributed by atoms with Gasteiger partial charge in [-0.1, -0.05) is 12.1 Å². The number of para-hydroxylation sites is 1. The van der Waals surface area contributed by atoms with Gasteiger partial charge >= 0.3 is 5.97 Å². The Morgan fingerprint density at radius 2 is 2.11 bits per heavy atom. The third-order valence-electron chi connectivity index (χ3n) is 3.24. The van der Waals surface area contributed by atoms with Crippen LogP contribution in [0.2, 0.25) is 0 Å². The summed E-state index contributed by atoms with van der Waals surface area (Å²) in [5.74, 6) is -1.17. The van der Waals surface area contributed by atoms with E-state index in [2.05, 4.69) is 5.32 Å². The van der Waals surface area contributed by atoms with E-state index >= 15 is 0 Å². The Labute approximate surface area is 105 Å². The van der Waals surface area contributed by atoms with Crippen LogP contribution in [0.3, 0.4) is 0 Å². The topological polar surface area (TPSA) is 69.6 Å². The Morgan fingerprint density at radius 1 is 1.39 bits per heavy atom. The van der Waals surface area contributed by atoms with Gasteiger partial charge in [0.05, 0.1) is 17.3 Å². The van der Waals surface area contributed by atoms with Crippen LogP contribution in [0, 0.1) is 0 Å². The Morgan fingerprint density at radius 3 is 2.72 bits per heavy atom. The SMILES string of the molecule is CN1CCCC1C(=O)Nc1ccccc1C(=O)O. The van der Waals surface area contributed by atoms with Gasteiger partial charge in [0.25, 0.3) is 0 Å². The summed E-state index contributed by atoms with van der Waals surface area (Å²) in [6.07, 6.45) is 1.81. The number of nitrogens with zero attached hydrogens (tertiary/aromatic N) is 1. The second kappa shape index (κ2) is 5.18. The molecule has 2 rings (SSSR count). The zero-order chi connectivity index (χ0) is 13.1. The smallest absolute Gasteiger partial charge is 0.337 e. The van der Waals surface area contributed by atoms with Crippen molar-refractivity contribution in [3.05, 3.63) is 29.8 Å². The summed E-state index contributed by atoms with van der Waals surface area (Å²) < 4.78 is 0. The number of anilines is 1. The molecule has 1 saturated heterocycles. The van der Waals surface area contributed by atoms with Crippen LogP contribution < -0.4 is 5.32 Å².